The van der Waals surface area contributed by atoms with E-state index in [-0.39, 0.29) is 18.1 Å². The predicted octanol–water partition coefficient (Wildman–Crippen LogP) is 1.17. The Morgan fingerprint density at radius 1 is 1.60 bits per heavy atom. The number of aryl methyl sites for hydroxylation is 1. The molecule has 1 aromatic heterocycles. The van der Waals surface area contributed by atoms with Crippen LogP contribution in [0.4, 0.5) is 0 Å². The van der Waals surface area contributed by atoms with Crippen molar-refractivity contribution in [2.75, 3.05) is 0 Å². The topological polar surface area (TPSA) is 55.1 Å². The van der Waals surface area contributed by atoms with Crippen molar-refractivity contribution in [1.29, 1.82) is 0 Å². The number of hydrogen-bond donors (Lipinski definition) is 1. The quantitative estimate of drug-likeness (QED) is 0.793. The fourth-order valence-corrected chi connectivity index (χ4v) is 1.48. The Balaban J connectivity index is 2.48. The van der Waals surface area contributed by atoms with Crippen LogP contribution < -0.4 is 0 Å². The molecule has 0 aliphatic rings. The Morgan fingerprint density at radius 2 is 2.27 bits per heavy atom. The molecule has 0 radical (unpaired) electrons. The number of nitrogens with zero attached hydrogens (tertiary/aromatic N) is 2. The lowest BCUT2D eigenvalue weighted by Gasteiger charge is -2.11. The minimum Gasteiger partial charge on any atom is -0.393 e. The van der Waals surface area contributed by atoms with E-state index in [2.05, 4.69) is 4.98 Å². The van der Waals surface area contributed by atoms with Crippen molar-refractivity contribution in [3.8, 4) is 0 Å². The Hall–Kier alpha value is -1.16. The third-order valence-electron chi connectivity index (χ3n) is 2.29. The number of imidazole rings is 1. The van der Waals surface area contributed by atoms with Crippen LogP contribution in [0.2, 0.25) is 0 Å². The van der Waals surface area contributed by atoms with E-state index in [1.54, 1.807) is 13.3 Å². The summed E-state index contributed by atoms with van der Waals surface area (Å²) in [5.41, 5.74) is 0.949. The van der Waals surface area contributed by atoms with Crippen molar-refractivity contribution in [2.24, 2.45) is 5.92 Å². The van der Waals surface area contributed by atoms with Crippen LogP contribution in [0.15, 0.2) is 12.5 Å². The Labute approximate surface area is 89.9 Å². The highest BCUT2D eigenvalue weighted by Crippen LogP contribution is 2.07. The summed E-state index contributed by atoms with van der Waals surface area (Å²) < 4.78 is 1.90. The number of aliphatic hydroxyl groups excluding tert-OH is 1. The zero-order valence-corrected chi connectivity index (χ0v) is 9.47. The van der Waals surface area contributed by atoms with Crippen LogP contribution in [-0.4, -0.2) is 26.5 Å². The van der Waals surface area contributed by atoms with Crippen LogP contribution >= 0.6 is 0 Å². The normalized spacial score (nSPS) is 14.9. The molecule has 4 nitrogen and oxygen atoms in total. The van der Waals surface area contributed by atoms with E-state index in [1.165, 1.54) is 0 Å². The van der Waals surface area contributed by atoms with Crippen molar-refractivity contribution in [3.05, 3.63) is 18.2 Å². The van der Waals surface area contributed by atoms with E-state index < -0.39 is 6.10 Å². The number of Topliss-reactive ketones (excluding diaryl/α,β-unsaturated/α-hetero) is 1. The molecule has 4 heteroatoms. The van der Waals surface area contributed by atoms with E-state index in [1.807, 2.05) is 24.6 Å². The summed E-state index contributed by atoms with van der Waals surface area (Å²) in [6.45, 7) is 6.05. The van der Waals surface area contributed by atoms with Crippen LogP contribution in [0, 0.1) is 12.8 Å². The smallest absolute Gasteiger partial charge is 0.140 e. The second-order valence-electron chi connectivity index (χ2n) is 4.13. The summed E-state index contributed by atoms with van der Waals surface area (Å²) in [4.78, 5) is 15.7. The van der Waals surface area contributed by atoms with Gasteiger partial charge in [0.1, 0.15) is 5.78 Å². The number of carbonyl (C=O) groups excluding carboxylic acids is 1. The number of aliphatic hydroxyl groups is 1. The maximum absolute atomic E-state index is 11.6. The van der Waals surface area contributed by atoms with Crippen molar-refractivity contribution in [1.82, 2.24) is 9.55 Å². The molecule has 84 valence electrons. The third kappa shape index (κ3) is 3.83. The maximum atomic E-state index is 11.6. The summed E-state index contributed by atoms with van der Waals surface area (Å²) in [6.07, 6.45) is 3.31. The van der Waals surface area contributed by atoms with Gasteiger partial charge in [-0.05, 0) is 13.8 Å². The van der Waals surface area contributed by atoms with Gasteiger partial charge in [0.2, 0.25) is 0 Å². The van der Waals surface area contributed by atoms with Gasteiger partial charge in [-0.15, -0.1) is 0 Å². The van der Waals surface area contributed by atoms with Gasteiger partial charge in [0.05, 0.1) is 18.1 Å². The number of hydrogen-bond acceptors (Lipinski definition) is 3. The highest BCUT2D eigenvalue weighted by Gasteiger charge is 2.15. The van der Waals surface area contributed by atoms with Crippen molar-refractivity contribution < 1.29 is 9.90 Å². The lowest BCUT2D eigenvalue weighted by molar-refractivity contribution is -0.124. The molecular weight excluding hydrogens is 192 g/mol. The molecule has 0 spiro atoms. The molecule has 1 rings (SSSR count). The zero-order valence-electron chi connectivity index (χ0n) is 9.47. The molecule has 0 amide bonds. The molecule has 15 heavy (non-hydrogen) atoms. The first kappa shape index (κ1) is 11.9. The first-order chi connectivity index (χ1) is 6.99. The van der Waals surface area contributed by atoms with Crippen LogP contribution in [0.1, 0.15) is 26.0 Å². The summed E-state index contributed by atoms with van der Waals surface area (Å²) in [6, 6.07) is 0. The van der Waals surface area contributed by atoms with Gasteiger partial charge in [-0.1, -0.05) is 6.92 Å². The highest BCUT2D eigenvalue weighted by atomic mass is 16.3. The lowest BCUT2D eigenvalue weighted by Crippen LogP contribution is -2.20. The predicted molar refractivity (Wildman–Crippen MR) is 57.4 cm³/mol. The minimum atomic E-state index is -0.551. The highest BCUT2D eigenvalue weighted by molar-refractivity contribution is 5.80. The van der Waals surface area contributed by atoms with Gasteiger partial charge in [-0.2, -0.15) is 0 Å². The van der Waals surface area contributed by atoms with Crippen molar-refractivity contribution in [2.45, 2.75) is 39.8 Å². The molecule has 0 aliphatic carbocycles. The fraction of sp³-hybridized carbons (Fsp3) is 0.636. The molecule has 2 unspecified atom stereocenters. The molecule has 0 fully saturated rings. The van der Waals surface area contributed by atoms with Gasteiger partial charge in [0.15, 0.2) is 0 Å². The van der Waals surface area contributed by atoms with Crippen LogP contribution in [0.5, 0.6) is 0 Å². The standard InChI is InChI=1S/C11H18N2O2/c1-8(11(15)4-10(3)14)5-13-6-9(2)12-7-13/h6-8,10,14H,4-5H2,1-3H3. The zero-order chi connectivity index (χ0) is 11.4. The monoisotopic (exact) mass is 210 g/mol. The largest absolute Gasteiger partial charge is 0.393 e. The average Bonchev–Trinajstić information content (AvgIpc) is 2.50. The first-order valence-corrected chi connectivity index (χ1v) is 5.18. The summed E-state index contributed by atoms with van der Waals surface area (Å²) in [7, 11) is 0. The molecule has 1 aromatic rings. The average molecular weight is 210 g/mol. The fourth-order valence-electron chi connectivity index (χ4n) is 1.48. The molecule has 1 N–H and O–H groups in total. The van der Waals surface area contributed by atoms with Gasteiger partial charge in [0, 0.05) is 25.1 Å². The maximum Gasteiger partial charge on any atom is 0.140 e. The van der Waals surface area contributed by atoms with E-state index in [9.17, 15) is 4.79 Å². The molecule has 0 bridgehead atoms. The van der Waals surface area contributed by atoms with Gasteiger partial charge in [-0.25, -0.2) is 4.98 Å². The molecule has 0 saturated heterocycles. The van der Waals surface area contributed by atoms with Gasteiger partial charge in [0.25, 0.3) is 0 Å². The first-order valence-electron chi connectivity index (χ1n) is 5.18. The second-order valence-corrected chi connectivity index (χ2v) is 4.13. The van der Waals surface area contributed by atoms with Gasteiger partial charge >= 0.3 is 0 Å². The number of aromatic nitrogens is 2. The molecule has 0 aromatic carbocycles. The second kappa shape index (κ2) is 5.07. The van der Waals surface area contributed by atoms with Crippen molar-refractivity contribution >= 4 is 5.78 Å². The molecule has 0 saturated carbocycles. The van der Waals surface area contributed by atoms with Crippen LogP contribution in [0.25, 0.3) is 0 Å². The molecular formula is C11H18N2O2. The number of carbonyl (C=O) groups is 1. The van der Waals surface area contributed by atoms with Crippen LogP contribution in [-0.2, 0) is 11.3 Å². The van der Waals surface area contributed by atoms with E-state index >= 15 is 0 Å². The summed E-state index contributed by atoms with van der Waals surface area (Å²) in [5, 5.41) is 9.10. The number of ketones is 1. The van der Waals surface area contributed by atoms with Crippen LogP contribution in [0.3, 0.4) is 0 Å². The van der Waals surface area contributed by atoms with E-state index in [4.69, 9.17) is 5.11 Å². The lowest BCUT2D eigenvalue weighted by atomic mass is 10.0. The molecule has 2 atom stereocenters. The summed E-state index contributed by atoms with van der Waals surface area (Å²) in [5.74, 6) is 0.0181. The van der Waals surface area contributed by atoms with Gasteiger partial charge < -0.3 is 9.67 Å². The summed E-state index contributed by atoms with van der Waals surface area (Å²) >= 11 is 0. The van der Waals surface area contributed by atoms with Crippen molar-refractivity contribution in [3.63, 3.8) is 0 Å². The van der Waals surface area contributed by atoms with E-state index in [0.29, 0.717) is 6.54 Å². The van der Waals surface area contributed by atoms with Gasteiger partial charge in [-0.3, -0.25) is 4.79 Å². The molecule has 1 heterocycles. The Morgan fingerprint density at radius 3 is 2.73 bits per heavy atom. The Bertz CT molecular complexity index is 331. The SMILES string of the molecule is Cc1cn(CC(C)C(=O)CC(C)O)cn1. The minimum absolute atomic E-state index is 0.0757. The molecule has 0 aliphatic heterocycles. The third-order valence-corrected chi connectivity index (χ3v) is 2.29. The Kier molecular flexibility index (Phi) is 4.03. The number of rotatable bonds is 5. The van der Waals surface area contributed by atoms with E-state index in [0.717, 1.165) is 5.69 Å².